The summed E-state index contributed by atoms with van der Waals surface area (Å²) >= 11 is 9.73. The van der Waals surface area contributed by atoms with E-state index in [1.807, 2.05) is 49.2 Å². The van der Waals surface area contributed by atoms with Crippen molar-refractivity contribution in [3.63, 3.8) is 0 Å². The molecule has 96 valence electrons. The first-order chi connectivity index (χ1) is 8.60. The molecule has 0 aliphatic rings. The number of aromatic nitrogens is 2. The monoisotopic (exact) mass is 327 g/mol. The number of benzene rings is 1. The second kappa shape index (κ2) is 5.87. The Hall–Kier alpha value is -0.840. The Balaban J connectivity index is 2.25. The SMILES string of the molecule is CNC(Cc1ccn(C)n1)c1cc(Br)ccc1Cl. The number of nitrogens with zero attached hydrogens (tertiary/aromatic N) is 2. The highest BCUT2D eigenvalue weighted by atomic mass is 79.9. The summed E-state index contributed by atoms with van der Waals surface area (Å²) in [6.07, 6.45) is 2.76. The Morgan fingerprint density at radius 2 is 2.22 bits per heavy atom. The van der Waals surface area contributed by atoms with E-state index in [4.69, 9.17) is 11.6 Å². The molecule has 1 heterocycles. The van der Waals surface area contributed by atoms with Gasteiger partial charge in [0.2, 0.25) is 0 Å². The molecule has 0 radical (unpaired) electrons. The number of likely N-dealkylation sites (N-methyl/N-ethyl adjacent to an activating group) is 1. The van der Waals surface area contributed by atoms with Crippen LogP contribution in [0.3, 0.4) is 0 Å². The zero-order chi connectivity index (χ0) is 13.1. The standard InChI is InChI=1S/C13H15BrClN3/c1-16-13(8-10-5-6-18(2)17-10)11-7-9(14)3-4-12(11)15/h3-7,13,16H,8H2,1-2H3. The third kappa shape index (κ3) is 3.13. The lowest BCUT2D eigenvalue weighted by Crippen LogP contribution is -2.19. The quantitative estimate of drug-likeness (QED) is 0.933. The lowest BCUT2D eigenvalue weighted by atomic mass is 10.0. The van der Waals surface area contributed by atoms with Crippen LogP contribution in [0.1, 0.15) is 17.3 Å². The molecule has 18 heavy (non-hydrogen) atoms. The van der Waals surface area contributed by atoms with Crippen LogP contribution in [0.2, 0.25) is 5.02 Å². The van der Waals surface area contributed by atoms with Gasteiger partial charge in [-0.1, -0.05) is 27.5 Å². The van der Waals surface area contributed by atoms with Gasteiger partial charge in [-0.25, -0.2) is 0 Å². The van der Waals surface area contributed by atoms with Crippen LogP contribution in [0.15, 0.2) is 34.9 Å². The highest BCUT2D eigenvalue weighted by molar-refractivity contribution is 9.10. The van der Waals surface area contributed by atoms with Crippen molar-refractivity contribution in [2.45, 2.75) is 12.5 Å². The number of nitrogens with one attached hydrogen (secondary N) is 1. The minimum absolute atomic E-state index is 0.157. The number of hydrogen-bond acceptors (Lipinski definition) is 2. The van der Waals surface area contributed by atoms with E-state index in [0.29, 0.717) is 0 Å². The van der Waals surface area contributed by atoms with Crippen LogP contribution >= 0.6 is 27.5 Å². The van der Waals surface area contributed by atoms with Crippen molar-refractivity contribution in [2.75, 3.05) is 7.05 Å². The van der Waals surface area contributed by atoms with Crippen molar-refractivity contribution in [1.29, 1.82) is 0 Å². The minimum atomic E-state index is 0.157. The molecule has 1 aromatic carbocycles. The molecule has 0 aliphatic heterocycles. The summed E-state index contributed by atoms with van der Waals surface area (Å²) < 4.78 is 2.84. The van der Waals surface area contributed by atoms with Crippen LogP contribution in [-0.2, 0) is 13.5 Å². The van der Waals surface area contributed by atoms with Gasteiger partial charge in [0.15, 0.2) is 0 Å². The number of aryl methyl sites for hydroxylation is 1. The van der Waals surface area contributed by atoms with Crippen LogP contribution < -0.4 is 5.32 Å². The predicted molar refractivity (Wildman–Crippen MR) is 77.9 cm³/mol. The molecule has 1 unspecified atom stereocenters. The van der Waals surface area contributed by atoms with Crippen molar-refractivity contribution >= 4 is 27.5 Å². The second-order valence-corrected chi connectivity index (χ2v) is 5.51. The number of rotatable bonds is 4. The summed E-state index contributed by atoms with van der Waals surface area (Å²) in [5.41, 5.74) is 2.13. The number of hydrogen-bond donors (Lipinski definition) is 1. The summed E-state index contributed by atoms with van der Waals surface area (Å²) in [5, 5.41) is 8.46. The molecule has 2 aromatic rings. The van der Waals surface area contributed by atoms with Gasteiger partial charge in [0.05, 0.1) is 5.69 Å². The van der Waals surface area contributed by atoms with Crippen molar-refractivity contribution in [3.8, 4) is 0 Å². The molecular weight excluding hydrogens is 314 g/mol. The minimum Gasteiger partial charge on any atom is -0.313 e. The lowest BCUT2D eigenvalue weighted by Gasteiger charge is -2.17. The molecule has 0 spiro atoms. The van der Waals surface area contributed by atoms with Crippen molar-refractivity contribution in [3.05, 3.63) is 51.2 Å². The Morgan fingerprint density at radius 1 is 1.44 bits per heavy atom. The molecule has 3 nitrogen and oxygen atoms in total. The molecule has 0 amide bonds. The first kappa shape index (κ1) is 13.6. The summed E-state index contributed by atoms with van der Waals surface area (Å²) in [4.78, 5) is 0. The van der Waals surface area contributed by atoms with Gasteiger partial charge < -0.3 is 5.32 Å². The van der Waals surface area contributed by atoms with Gasteiger partial charge in [-0.15, -0.1) is 0 Å². The molecule has 1 aromatic heterocycles. The lowest BCUT2D eigenvalue weighted by molar-refractivity contribution is 0.577. The Kier molecular flexibility index (Phi) is 4.43. The van der Waals surface area contributed by atoms with Crippen LogP contribution in [0, 0.1) is 0 Å². The van der Waals surface area contributed by atoms with Gasteiger partial charge >= 0.3 is 0 Å². The van der Waals surface area contributed by atoms with Crippen molar-refractivity contribution in [2.24, 2.45) is 7.05 Å². The first-order valence-electron chi connectivity index (χ1n) is 5.71. The van der Waals surface area contributed by atoms with Gasteiger partial charge in [0, 0.05) is 35.2 Å². The molecule has 0 bridgehead atoms. The molecule has 5 heteroatoms. The maximum Gasteiger partial charge on any atom is 0.0643 e. The molecule has 1 N–H and O–H groups in total. The highest BCUT2D eigenvalue weighted by Gasteiger charge is 2.15. The predicted octanol–water partition coefficient (Wildman–Crippen LogP) is 3.34. The fourth-order valence-corrected chi connectivity index (χ4v) is 2.56. The van der Waals surface area contributed by atoms with Crippen LogP contribution in [0.5, 0.6) is 0 Å². The topological polar surface area (TPSA) is 29.9 Å². The van der Waals surface area contributed by atoms with Gasteiger partial charge in [0.25, 0.3) is 0 Å². The van der Waals surface area contributed by atoms with Gasteiger partial charge in [0.1, 0.15) is 0 Å². The maximum atomic E-state index is 6.25. The fraction of sp³-hybridized carbons (Fsp3) is 0.308. The van der Waals surface area contributed by atoms with Gasteiger partial charge in [-0.2, -0.15) is 5.10 Å². The number of halogens is 2. The Bertz CT molecular complexity index is 539. The van der Waals surface area contributed by atoms with Crippen molar-refractivity contribution in [1.82, 2.24) is 15.1 Å². The average molecular weight is 329 g/mol. The van der Waals surface area contributed by atoms with Crippen LogP contribution in [0.25, 0.3) is 0 Å². The largest absolute Gasteiger partial charge is 0.313 e. The van der Waals surface area contributed by atoms with E-state index in [9.17, 15) is 0 Å². The van der Waals surface area contributed by atoms with E-state index in [0.717, 1.165) is 27.2 Å². The molecule has 0 saturated heterocycles. The second-order valence-electron chi connectivity index (χ2n) is 4.19. The van der Waals surface area contributed by atoms with Crippen molar-refractivity contribution < 1.29 is 0 Å². The molecule has 2 rings (SSSR count). The summed E-state index contributed by atoms with van der Waals surface area (Å²) in [5.74, 6) is 0. The molecule has 0 fully saturated rings. The maximum absolute atomic E-state index is 6.25. The van der Waals surface area contributed by atoms with E-state index < -0.39 is 0 Å². The van der Waals surface area contributed by atoms with E-state index >= 15 is 0 Å². The third-order valence-electron chi connectivity index (χ3n) is 2.86. The van der Waals surface area contributed by atoms with E-state index in [1.54, 1.807) is 0 Å². The highest BCUT2D eigenvalue weighted by Crippen LogP contribution is 2.28. The van der Waals surface area contributed by atoms with Gasteiger partial charge in [-0.3, -0.25) is 4.68 Å². The van der Waals surface area contributed by atoms with Crippen LogP contribution in [0.4, 0.5) is 0 Å². The Morgan fingerprint density at radius 3 is 2.83 bits per heavy atom. The van der Waals surface area contributed by atoms with E-state index in [1.165, 1.54) is 0 Å². The molecule has 1 atom stereocenters. The fourth-order valence-electron chi connectivity index (χ4n) is 1.93. The molecule has 0 aliphatic carbocycles. The molecular formula is C13H15BrClN3. The smallest absolute Gasteiger partial charge is 0.0643 e. The average Bonchev–Trinajstić information content (AvgIpc) is 2.75. The van der Waals surface area contributed by atoms with Gasteiger partial charge in [-0.05, 0) is 36.9 Å². The van der Waals surface area contributed by atoms with E-state index in [-0.39, 0.29) is 6.04 Å². The zero-order valence-corrected chi connectivity index (χ0v) is 12.7. The zero-order valence-electron chi connectivity index (χ0n) is 10.3. The summed E-state index contributed by atoms with van der Waals surface area (Å²) in [6.45, 7) is 0. The first-order valence-corrected chi connectivity index (χ1v) is 6.88. The van der Waals surface area contributed by atoms with E-state index in [2.05, 4.69) is 26.3 Å². The molecule has 0 saturated carbocycles. The summed E-state index contributed by atoms with van der Waals surface area (Å²) in [7, 11) is 3.86. The third-order valence-corrected chi connectivity index (χ3v) is 3.70. The normalized spacial score (nSPS) is 12.7. The summed E-state index contributed by atoms with van der Waals surface area (Å²) in [6, 6.07) is 8.08. The Labute approximate surface area is 120 Å². The van der Waals surface area contributed by atoms with Crippen LogP contribution in [-0.4, -0.2) is 16.8 Å².